The van der Waals surface area contributed by atoms with Gasteiger partial charge in [0, 0.05) is 4.47 Å². The highest BCUT2D eigenvalue weighted by Gasteiger charge is 2.24. The predicted octanol–water partition coefficient (Wildman–Crippen LogP) is 3.44. The molecule has 1 aromatic carbocycles. The van der Waals surface area contributed by atoms with Crippen LogP contribution in [0.4, 0.5) is 0 Å². The van der Waals surface area contributed by atoms with E-state index in [1.165, 1.54) is 12.5 Å². The largest absolute Gasteiger partial charge is 0.489 e. The van der Waals surface area contributed by atoms with Crippen LogP contribution in [0.3, 0.4) is 0 Å². The first kappa shape index (κ1) is 15.8. The molecule has 1 aliphatic carbocycles. The number of hydrogen-bond donors (Lipinski definition) is 1. The lowest BCUT2D eigenvalue weighted by Crippen LogP contribution is -2.26. The zero-order chi connectivity index (χ0) is 14.8. The Balaban J connectivity index is 2.21. The van der Waals surface area contributed by atoms with Gasteiger partial charge in [0.25, 0.3) is 0 Å². The molecule has 6 heteroatoms. The molecule has 20 heavy (non-hydrogen) atoms. The van der Waals surface area contributed by atoms with Crippen molar-refractivity contribution < 1.29 is 13.2 Å². The second-order valence-corrected chi connectivity index (χ2v) is 7.76. The van der Waals surface area contributed by atoms with Gasteiger partial charge in [0.2, 0.25) is 10.0 Å². The number of nitrogens with two attached hydrogens (primary N) is 1. The lowest BCUT2D eigenvalue weighted by molar-refractivity contribution is 0.119. The summed E-state index contributed by atoms with van der Waals surface area (Å²) in [4.78, 5) is 0.0468. The van der Waals surface area contributed by atoms with Crippen molar-refractivity contribution in [3.8, 4) is 5.75 Å². The molecule has 2 N–H and O–H groups in total. The predicted molar refractivity (Wildman–Crippen MR) is 82.2 cm³/mol. The number of rotatable bonds is 4. The Morgan fingerprint density at radius 3 is 2.80 bits per heavy atom. The molecule has 1 aliphatic rings. The fourth-order valence-corrected chi connectivity index (χ4v) is 3.90. The Bertz CT molecular complexity index is 574. The minimum Gasteiger partial charge on any atom is -0.489 e. The van der Waals surface area contributed by atoms with Crippen LogP contribution >= 0.6 is 15.9 Å². The molecule has 2 atom stereocenters. The summed E-state index contributed by atoms with van der Waals surface area (Å²) < 4.78 is 29.9. The maximum Gasteiger partial charge on any atom is 0.241 e. The van der Waals surface area contributed by atoms with Crippen molar-refractivity contribution in [2.75, 3.05) is 0 Å². The van der Waals surface area contributed by atoms with Gasteiger partial charge in [0.05, 0.1) is 6.10 Å². The highest BCUT2D eigenvalue weighted by atomic mass is 79.9. The summed E-state index contributed by atoms with van der Waals surface area (Å²) in [7, 11) is -3.78. The van der Waals surface area contributed by atoms with Gasteiger partial charge in [0.1, 0.15) is 10.6 Å². The summed E-state index contributed by atoms with van der Waals surface area (Å²) in [5, 5.41) is 5.26. The average molecular weight is 362 g/mol. The zero-order valence-corrected chi connectivity index (χ0v) is 13.9. The lowest BCUT2D eigenvalue weighted by Gasteiger charge is -2.29. The molecule has 2 unspecified atom stereocenters. The summed E-state index contributed by atoms with van der Waals surface area (Å²) in [5.41, 5.74) is 0. The van der Waals surface area contributed by atoms with Crippen molar-refractivity contribution in [2.45, 2.75) is 50.0 Å². The molecule has 1 saturated carbocycles. The summed E-state index contributed by atoms with van der Waals surface area (Å²) in [6.45, 7) is 2.18. The van der Waals surface area contributed by atoms with E-state index in [1.807, 2.05) is 0 Å². The second kappa shape index (κ2) is 6.45. The van der Waals surface area contributed by atoms with Crippen LogP contribution in [0.15, 0.2) is 27.6 Å². The van der Waals surface area contributed by atoms with Gasteiger partial charge in [-0.15, -0.1) is 0 Å². The van der Waals surface area contributed by atoms with Gasteiger partial charge >= 0.3 is 0 Å². The molecule has 0 amide bonds. The van der Waals surface area contributed by atoms with Gasteiger partial charge in [-0.25, -0.2) is 13.6 Å². The molecule has 1 aromatic rings. The SMILES string of the molecule is CCC1CCCC(Oc2ccc(Br)cc2S(N)(=O)=O)C1. The summed E-state index contributed by atoms with van der Waals surface area (Å²) >= 11 is 3.26. The monoisotopic (exact) mass is 361 g/mol. The number of halogens is 1. The van der Waals surface area contributed by atoms with Crippen molar-refractivity contribution in [2.24, 2.45) is 11.1 Å². The average Bonchev–Trinajstić information content (AvgIpc) is 2.40. The lowest BCUT2D eigenvalue weighted by atomic mass is 9.85. The first-order chi connectivity index (χ1) is 9.40. The number of benzene rings is 1. The van der Waals surface area contributed by atoms with Crippen LogP contribution in [0.25, 0.3) is 0 Å². The maximum absolute atomic E-state index is 11.6. The van der Waals surface area contributed by atoms with Crippen LogP contribution in [0.5, 0.6) is 5.75 Å². The van der Waals surface area contributed by atoms with E-state index >= 15 is 0 Å². The third kappa shape index (κ3) is 3.96. The summed E-state index contributed by atoms with van der Waals surface area (Å²) in [5.74, 6) is 1.03. The van der Waals surface area contributed by atoms with Gasteiger partial charge in [-0.2, -0.15) is 0 Å². The molecular formula is C14H20BrNO3S. The van der Waals surface area contributed by atoms with E-state index in [0.29, 0.717) is 16.1 Å². The number of sulfonamides is 1. The van der Waals surface area contributed by atoms with E-state index in [-0.39, 0.29) is 11.0 Å². The van der Waals surface area contributed by atoms with E-state index in [1.54, 1.807) is 12.1 Å². The molecule has 0 bridgehead atoms. The minimum atomic E-state index is -3.78. The summed E-state index contributed by atoms with van der Waals surface area (Å²) in [6.07, 6.45) is 5.54. The molecule has 4 nitrogen and oxygen atoms in total. The van der Waals surface area contributed by atoms with Crippen LogP contribution in [0, 0.1) is 5.92 Å². The minimum absolute atomic E-state index is 0.0468. The molecule has 1 fully saturated rings. The normalized spacial score (nSPS) is 23.6. The second-order valence-electron chi connectivity index (χ2n) is 5.32. The molecule has 112 valence electrons. The van der Waals surface area contributed by atoms with E-state index in [9.17, 15) is 8.42 Å². The number of hydrogen-bond acceptors (Lipinski definition) is 3. The Labute approximate surface area is 128 Å². The number of primary sulfonamides is 1. The van der Waals surface area contributed by atoms with E-state index < -0.39 is 10.0 Å². The van der Waals surface area contributed by atoms with Gasteiger partial charge in [-0.1, -0.05) is 35.7 Å². The van der Waals surface area contributed by atoms with Crippen molar-refractivity contribution in [1.82, 2.24) is 0 Å². The highest BCUT2D eigenvalue weighted by Crippen LogP contribution is 2.33. The fourth-order valence-electron chi connectivity index (χ4n) is 2.70. The van der Waals surface area contributed by atoms with Crippen LogP contribution in [-0.4, -0.2) is 14.5 Å². The van der Waals surface area contributed by atoms with Gasteiger partial charge < -0.3 is 4.74 Å². The highest BCUT2D eigenvalue weighted by molar-refractivity contribution is 9.10. The topological polar surface area (TPSA) is 69.4 Å². The Morgan fingerprint density at radius 1 is 1.40 bits per heavy atom. The van der Waals surface area contributed by atoms with Crippen molar-refractivity contribution in [3.05, 3.63) is 22.7 Å². The van der Waals surface area contributed by atoms with Crippen LogP contribution in [-0.2, 0) is 10.0 Å². The third-order valence-electron chi connectivity index (χ3n) is 3.82. The van der Waals surface area contributed by atoms with Gasteiger partial charge in [0.15, 0.2) is 0 Å². The molecule has 0 aromatic heterocycles. The molecule has 0 heterocycles. The first-order valence-corrected chi connectivity index (χ1v) is 9.23. The van der Waals surface area contributed by atoms with Crippen molar-refractivity contribution in [3.63, 3.8) is 0 Å². The van der Waals surface area contributed by atoms with E-state index in [4.69, 9.17) is 9.88 Å². The molecule has 0 radical (unpaired) electrons. The molecule has 2 rings (SSSR count). The Morgan fingerprint density at radius 2 is 2.15 bits per heavy atom. The molecule has 0 aliphatic heterocycles. The van der Waals surface area contributed by atoms with E-state index in [0.717, 1.165) is 25.7 Å². The standard InChI is InChI=1S/C14H20BrNO3S/c1-2-10-4-3-5-12(8-10)19-13-7-6-11(15)9-14(13)20(16,17)18/h6-7,9-10,12H,2-5,8H2,1H3,(H2,16,17,18). The van der Waals surface area contributed by atoms with Gasteiger partial charge in [-0.3, -0.25) is 0 Å². The Kier molecular flexibility index (Phi) is 5.09. The van der Waals surface area contributed by atoms with Crippen LogP contribution < -0.4 is 9.88 Å². The molecule has 0 saturated heterocycles. The van der Waals surface area contributed by atoms with Crippen LogP contribution in [0.1, 0.15) is 39.0 Å². The molecule has 0 spiro atoms. The van der Waals surface area contributed by atoms with Crippen molar-refractivity contribution in [1.29, 1.82) is 0 Å². The Hall–Kier alpha value is -0.590. The van der Waals surface area contributed by atoms with E-state index in [2.05, 4.69) is 22.9 Å². The quantitative estimate of drug-likeness (QED) is 0.892. The van der Waals surface area contributed by atoms with Crippen LogP contribution in [0.2, 0.25) is 0 Å². The number of ether oxygens (including phenoxy) is 1. The molecular weight excluding hydrogens is 342 g/mol. The third-order valence-corrected chi connectivity index (χ3v) is 5.24. The maximum atomic E-state index is 11.6. The first-order valence-electron chi connectivity index (χ1n) is 6.89. The van der Waals surface area contributed by atoms with Gasteiger partial charge in [-0.05, 0) is 43.4 Å². The summed E-state index contributed by atoms with van der Waals surface area (Å²) in [6, 6.07) is 4.92. The van der Waals surface area contributed by atoms with Crippen molar-refractivity contribution >= 4 is 26.0 Å². The fraction of sp³-hybridized carbons (Fsp3) is 0.571. The zero-order valence-electron chi connectivity index (χ0n) is 11.5. The smallest absolute Gasteiger partial charge is 0.241 e.